The summed E-state index contributed by atoms with van der Waals surface area (Å²) in [7, 11) is 3.34. The first-order chi connectivity index (χ1) is 18.1. The van der Waals surface area contributed by atoms with Crippen molar-refractivity contribution in [2.45, 2.75) is 45.6 Å². The van der Waals surface area contributed by atoms with Gasteiger partial charge in [-0.15, -0.1) is 0 Å². The van der Waals surface area contributed by atoms with Crippen molar-refractivity contribution < 1.29 is 24.2 Å². The van der Waals surface area contributed by atoms with Gasteiger partial charge in [-0.2, -0.15) is 0 Å². The highest BCUT2D eigenvalue weighted by Gasteiger charge is 2.29. The third-order valence-electron chi connectivity index (χ3n) is 6.56. The molecule has 38 heavy (non-hydrogen) atoms. The van der Waals surface area contributed by atoms with E-state index in [0.29, 0.717) is 17.7 Å². The normalized spacial score (nSPS) is 13.0. The van der Waals surface area contributed by atoms with Crippen molar-refractivity contribution in [1.82, 2.24) is 14.9 Å². The zero-order chi connectivity index (χ0) is 27.6. The Bertz CT molecular complexity index is 1520. The fraction of sp³-hybridized carbons (Fsp3) is 0.345. The summed E-state index contributed by atoms with van der Waals surface area (Å²) in [6.45, 7) is 5.75. The summed E-state index contributed by atoms with van der Waals surface area (Å²) in [6.07, 6.45) is 0.526. The smallest absolute Gasteiger partial charge is 0.227 e. The van der Waals surface area contributed by atoms with Crippen molar-refractivity contribution in [2.75, 3.05) is 7.11 Å². The third kappa shape index (κ3) is 5.51. The third-order valence-corrected chi connectivity index (χ3v) is 6.56. The van der Waals surface area contributed by atoms with Crippen LogP contribution in [0.2, 0.25) is 0 Å². The number of fused-ring (bicyclic) bond motifs is 1. The van der Waals surface area contributed by atoms with Crippen LogP contribution in [-0.2, 0) is 11.8 Å². The maximum absolute atomic E-state index is 13.6. The lowest BCUT2D eigenvalue weighted by molar-refractivity contribution is -0.122. The van der Waals surface area contributed by atoms with Crippen LogP contribution < -0.4 is 15.5 Å². The second kappa shape index (κ2) is 11.0. The second-order valence-electron chi connectivity index (χ2n) is 9.89. The number of benzene rings is 2. The van der Waals surface area contributed by atoms with Crippen LogP contribution in [0, 0.1) is 12.8 Å². The number of methoxy groups -OCH3 is 1. The molecule has 2 heterocycles. The largest absolute Gasteiger partial charge is 0.504 e. The van der Waals surface area contributed by atoms with Crippen LogP contribution in [0.4, 0.5) is 0 Å². The average molecular weight is 520 g/mol. The van der Waals surface area contributed by atoms with E-state index in [1.807, 2.05) is 35.9 Å². The highest BCUT2D eigenvalue weighted by atomic mass is 16.5. The standard InChI is InChI=1S/C29H33N3O6/c1-16(2)12-21(29-31-20-8-6-7-9-22(20)32(29)4)30-26(35)15-19(18-10-11-23(33)25(14-18)37-5)28-27(36)24(34)13-17(3)38-28/h6-11,13-14,16,19,21,33,36H,12,15H2,1-5H3,(H,30,35). The summed E-state index contributed by atoms with van der Waals surface area (Å²) >= 11 is 0. The number of para-hydroxylation sites is 2. The predicted octanol–water partition coefficient (Wildman–Crippen LogP) is 4.68. The van der Waals surface area contributed by atoms with Crippen LogP contribution in [0.15, 0.2) is 57.7 Å². The molecule has 0 saturated carbocycles. The molecular weight excluding hydrogens is 486 g/mol. The highest BCUT2D eigenvalue weighted by Crippen LogP contribution is 2.37. The molecule has 9 heteroatoms. The molecule has 4 aromatic rings. The van der Waals surface area contributed by atoms with Crippen molar-refractivity contribution in [2.24, 2.45) is 13.0 Å². The second-order valence-corrected chi connectivity index (χ2v) is 9.89. The van der Waals surface area contributed by atoms with Crippen molar-refractivity contribution in [3.63, 3.8) is 0 Å². The van der Waals surface area contributed by atoms with Crippen LogP contribution in [0.3, 0.4) is 0 Å². The Morgan fingerprint density at radius 3 is 2.58 bits per heavy atom. The monoisotopic (exact) mass is 519 g/mol. The van der Waals surface area contributed by atoms with Gasteiger partial charge in [0.2, 0.25) is 17.1 Å². The number of phenolic OH excluding ortho intramolecular Hbond substituents is 1. The van der Waals surface area contributed by atoms with E-state index in [0.717, 1.165) is 16.9 Å². The van der Waals surface area contributed by atoms with E-state index in [1.165, 1.54) is 19.2 Å². The molecule has 200 valence electrons. The molecule has 2 aromatic carbocycles. The molecule has 0 aliphatic heterocycles. The zero-order valence-corrected chi connectivity index (χ0v) is 22.2. The van der Waals surface area contributed by atoms with Crippen LogP contribution in [-0.4, -0.2) is 32.8 Å². The number of imidazole rings is 1. The summed E-state index contributed by atoms with van der Waals surface area (Å²) < 4.78 is 13.0. The van der Waals surface area contributed by atoms with E-state index in [2.05, 4.69) is 19.2 Å². The van der Waals surface area contributed by atoms with Gasteiger partial charge in [-0.1, -0.05) is 32.0 Å². The topological polar surface area (TPSA) is 127 Å². The lowest BCUT2D eigenvalue weighted by Crippen LogP contribution is -2.32. The molecule has 0 radical (unpaired) electrons. The molecule has 2 aromatic heterocycles. The van der Waals surface area contributed by atoms with Gasteiger partial charge in [-0.3, -0.25) is 9.59 Å². The van der Waals surface area contributed by atoms with E-state index in [-0.39, 0.29) is 41.5 Å². The molecule has 0 bridgehead atoms. The number of nitrogens with one attached hydrogen (secondary N) is 1. The molecule has 0 aliphatic rings. The molecule has 0 fully saturated rings. The Morgan fingerprint density at radius 2 is 1.89 bits per heavy atom. The Morgan fingerprint density at radius 1 is 1.16 bits per heavy atom. The number of aromatic nitrogens is 2. The first-order valence-corrected chi connectivity index (χ1v) is 12.5. The molecule has 2 atom stereocenters. The minimum Gasteiger partial charge on any atom is -0.504 e. The predicted molar refractivity (Wildman–Crippen MR) is 144 cm³/mol. The number of carbonyl (C=O) groups is 1. The quantitative estimate of drug-likeness (QED) is 0.293. The number of phenols is 1. The maximum atomic E-state index is 13.6. The summed E-state index contributed by atoms with van der Waals surface area (Å²) in [4.78, 5) is 30.7. The summed E-state index contributed by atoms with van der Waals surface area (Å²) in [5.41, 5.74) is 1.74. The van der Waals surface area contributed by atoms with Crippen molar-refractivity contribution in [1.29, 1.82) is 0 Å². The lowest BCUT2D eigenvalue weighted by atomic mass is 9.91. The molecule has 4 rings (SSSR count). The average Bonchev–Trinajstić information content (AvgIpc) is 3.21. The van der Waals surface area contributed by atoms with E-state index < -0.39 is 17.1 Å². The van der Waals surface area contributed by atoms with Gasteiger partial charge in [0.15, 0.2) is 17.3 Å². The van der Waals surface area contributed by atoms with Crippen LogP contribution in [0.25, 0.3) is 11.0 Å². The maximum Gasteiger partial charge on any atom is 0.227 e. The first kappa shape index (κ1) is 26.8. The Labute approximate surface area is 220 Å². The molecule has 0 saturated heterocycles. The lowest BCUT2D eigenvalue weighted by Gasteiger charge is -2.23. The molecule has 2 unspecified atom stereocenters. The van der Waals surface area contributed by atoms with Crippen LogP contribution in [0.1, 0.15) is 61.6 Å². The highest BCUT2D eigenvalue weighted by molar-refractivity contribution is 5.79. The number of carbonyl (C=O) groups excluding carboxylic acids is 1. The molecule has 0 aliphatic carbocycles. The Balaban J connectivity index is 1.72. The van der Waals surface area contributed by atoms with Crippen LogP contribution in [0.5, 0.6) is 17.2 Å². The number of ether oxygens (including phenoxy) is 1. The first-order valence-electron chi connectivity index (χ1n) is 12.5. The number of aryl methyl sites for hydroxylation is 2. The van der Waals surface area contributed by atoms with E-state index in [9.17, 15) is 19.8 Å². The summed E-state index contributed by atoms with van der Waals surface area (Å²) in [5, 5.41) is 23.8. The Kier molecular flexibility index (Phi) is 7.75. The molecular formula is C29H33N3O6. The fourth-order valence-electron chi connectivity index (χ4n) is 4.75. The van der Waals surface area contributed by atoms with Gasteiger partial charge in [0, 0.05) is 19.5 Å². The number of hydrogen-bond acceptors (Lipinski definition) is 7. The fourth-order valence-corrected chi connectivity index (χ4v) is 4.75. The summed E-state index contributed by atoms with van der Waals surface area (Å²) in [6, 6.07) is 13.2. The van der Waals surface area contributed by atoms with Crippen molar-refractivity contribution in [3.8, 4) is 17.2 Å². The Hall–Kier alpha value is -4.27. The number of hydrogen-bond donors (Lipinski definition) is 3. The molecule has 1 amide bonds. The molecule has 3 N–H and O–H groups in total. The molecule has 9 nitrogen and oxygen atoms in total. The van der Waals surface area contributed by atoms with Gasteiger partial charge in [-0.05, 0) is 49.1 Å². The number of rotatable bonds is 9. The zero-order valence-electron chi connectivity index (χ0n) is 22.2. The van der Waals surface area contributed by atoms with Gasteiger partial charge >= 0.3 is 0 Å². The minimum absolute atomic E-state index is 0.0268. The van der Waals surface area contributed by atoms with Gasteiger partial charge in [0.1, 0.15) is 11.6 Å². The summed E-state index contributed by atoms with van der Waals surface area (Å²) in [5.74, 6) is -0.294. The van der Waals surface area contributed by atoms with Crippen molar-refractivity contribution >= 4 is 16.9 Å². The number of amides is 1. The van der Waals surface area contributed by atoms with Gasteiger partial charge in [-0.25, -0.2) is 4.98 Å². The van der Waals surface area contributed by atoms with Gasteiger partial charge in [0.25, 0.3) is 0 Å². The van der Waals surface area contributed by atoms with Crippen LogP contribution >= 0.6 is 0 Å². The van der Waals surface area contributed by atoms with Gasteiger partial charge in [0.05, 0.1) is 30.1 Å². The minimum atomic E-state index is -0.822. The van der Waals surface area contributed by atoms with E-state index in [1.54, 1.807) is 19.1 Å². The number of aromatic hydroxyl groups is 2. The van der Waals surface area contributed by atoms with Gasteiger partial charge < -0.3 is 29.3 Å². The van der Waals surface area contributed by atoms with Crippen molar-refractivity contribution in [3.05, 3.63) is 81.7 Å². The molecule has 0 spiro atoms. The van der Waals surface area contributed by atoms with E-state index in [4.69, 9.17) is 14.1 Å². The number of nitrogens with zero attached hydrogens (tertiary/aromatic N) is 2. The van der Waals surface area contributed by atoms with E-state index >= 15 is 0 Å². The SMILES string of the molecule is COc1cc(C(CC(=O)NC(CC(C)C)c2nc3ccccc3n2C)c2oc(C)cc(=O)c2O)ccc1O.